The molecule has 128 valence electrons. The van der Waals surface area contributed by atoms with Gasteiger partial charge in [-0.2, -0.15) is 0 Å². The summed E-state index contributed by atoms with van der Waals surface area (Å²) >= 11 is 4.76. The van der Waals surface area contributed by atoms with Crippen LogP contribution in [-0.2, 0) is 21.1 Å². The number of hydrogen-bond acceptors (Lipinski definition) is 4. The van der Waals surface area contributed by atoms with Crippen molar-refractivity contribution in [2.45, 2.75) is 0 Å². The molecule has 0 aromatic carbocycles. The maximum atomic E-state index is 4.76. The van der Waals surface area contributed by atoms with Crippen LogP contribution in [0.3, 0.4) is 0 Å². The van der Waals surface area contributed by atoms with Gasteiger partial charge in [-0.15, -0.1) is 0 Å². The molecule has 0 aliphatic carbocycles. The third-order valence-electron chi connectivity index (χ3n) is 3.28. The van der Waals surface area contributed by atoms with Gasteiger partial charge >= 0.3 is 21.1 Å². The fourth-order valence-corrected chi connectivity index (χ4v) is 2.27. The van der Waals surface area contributed by atoms with Crippen LogP contribution in [0.4, 0.5) is 0 Å². The van der Waals surface area contributed by atoms with Gasteiger partial charge < -0.3 is 4.98 Å². The van der Waals surface area contributed by atoms with Gasteiger partial charge in [-0.3, -0.25) is 9.97 Å². The van der Waals surface area contributed by atoms with E-state index in [2.05, 4.69) is 19.9 Å². The molecule has 0 bridgehead atoms. The average molecular weight is 540 g/mol. The summed E-state index contributed by atoms with van der Waals surface area (Å²) in [6.45, 7) is 0. The van der Waals surface area contributed by atoms with Crippen molar-refractivity contribution >= 4 is 12.2 Å². The summed E-state index contributed by atoms with van der Waals surface area (Å²) in [5, 5.41) is 0. The van der Waals surface area contributed by atoms with Crippen molar-refractivity contribution in [1.82, 2.24) is 19.9 Å². The Balaban J connectivity index is 0.000000258. The van der Waals surface area contributed by atoms with Crippen LogP contribution in [0.25, 0.3) is 22.8 Å². The maximum Gasteiger partial charge on any atom is 4.00 e. The molecular weight excluding hydrogens is 523 g/mol. The van der Waals surface area contributed by atoms with Crippen LogP contribution in [-0.4, -0.2) is 19.9 Å². The fourth-order valence-electron chi connectivity index (χ4n) is 2.13. The van der Waals surface area contributed by atoms with Gasteiger partial charge in [-0.05, 0) is 48.5 Å². The second-order valence-electron chi connectivity index (χ2n) is 5.06. The molecule has 4 heterocycles. The number of nitrogens with one attached hydrogen (secondary N) is 1. The Hall–Kier alpha value is -2.49. The topological polar surface area (TPSA) is 54.5 Å². The Morgan fingerprint density at radius 3 is 1.54 bits per heavy atom. The average Bonchev–Trinajstić information content (AvgIpc) is 2.71. The van der Waals surface area contributed by atoms with Crippen molar-refractivity contribution in [3.05, 3.63) is 96.0 Å². The van der Waals surface area contributed by atoms with E-state index in [1.54, 1.807) is 12.4 Å². The first kappa shape index (κ1) is 19.8. The number of nitrogens with zero attached hydrogens (tertiary/aromatic N) is 3. The van der Waals surface area contributed by atoms with Crippen LogP contribution in [0.5, 0.6) is 0 Å². The molecule has 0 saturated heterocycles. The van der Waals surface area contributed by atoms with E-state index >= 15 is 0 Å². The van der Waals surface area contributed by atoms with Crippen LogP contribution < -0.4 is 0 Å². The first-order valence-corrected chi connectivity index (χ1v) is 8.17. The maximum absolute atomic E-state index is 4.76. The molecule has 0 amide bonds. The van der Waals surface area contributed by atoms with E-state index in [1.165, 1.54) is 0 Å². The largest absolute Gasteiger partial charge is 4.00 e. The summed E-state index contributed by atoms with van der Waals surface area (Å²) in [4.78, 5) is 16.0. The summed E-state index contributed by atoms with van der Waals surface area (Å²) in [7, 11) is 0. The molecule has 0 aliphatic rings. The number of H-pyrrole nitrogens is 1. The van der Waals surface area contributed by atoms with E-state index in [1.807, 2.05) is 79.0 Å². The molecular formula is C20H16N4PtS+4. The zero-order valence-electron chi connectivity index (χ0n) is 13.7. The van der Waals surface area contributed by atoms with Gasteiger partial charge in [0.25, 0.3) is 0 Å². The summed E-state index contributed by atoms with van der Waals surface area (Å²) < 4.78 is 0.780. The van der Waals surface area contributed by atoms with E-state index in [0.29, 0.717) is 0 Å². The quantitative estimate of drug-likeness (QED) is 0.367. The Bertz CT molecular complexity index is 903. The van der Waals surface area contributed by atoms with Crippen molar-refractivity contribution in [1.29, 1.82) is 0 Å². The summed E-state index contributed by atoms with van der Waals surface area (Å²) in [6.07, 6.45) is 5.34. The molecule has 1 N–H and O–H groups in total. The van der Waals surface area contributed by atoms with Gasteiger partial charge in [0.2, 0.25) is 0 Å². The Morgan fingerprint density at radius 2 is 1.15 bits per heavy atom. The standard InChI is InChI=1S/C15H11N3.C5H5NS.Pt/c1-3-10-16-12(6-1)14-8-5-9-15(18-14)13-7-2-4-11-17-13;7-5-3-1-2-4-6-5;/h1-11H;1-4H,(H,6,7);/q;;+4. The van der Waals surface area contributed by atoms with Gasteiger partial charge in [-0.1, -0.05) is 36.5 Å². The molecule has 0 unspecified atom stereocenters. The second kappa shape index (κ2) is 10.5. The minimum Gasteiger partial charge on any atom is -0.353 e. The molecule has 4 rings (SSSR count). The second-order valence-corrected chi connectivity index (χ2v) is 5.50. The van der Waals surface area contributed by atoms with E-state index in [9.17, 15) is 0 Å². The summed E-state index contributed by atoms with van der Waals surface area (Å²) in [6, 6.07) is 23.1. The zero-order chi connectivity index (χ0) is 17.3. The van der Waals surface area contributed by atoms with E-state index < -0.39 is 0 Å². The monoisotopic (exact) mass is 539 g/mol. The molecule has 4 nitrogen and oxygen atoms in total. The van der Waals surface area contributed by atoms with E-state index in [-0.39, 0.29) is 21.1 Å². The van der Waals surface area contributed by atoms with Crippen LogP contribution in [0.15, 0.2) is 91.4 Å². The zero-order valence-corrected chi connectivity index (χ0v) is 16.8. The molecule has 26 heavy (non-hydrogen) atoms. The fraction of sp³-hybridized carbons (Fsp3) is 0. The predicted octanol–water partition coefficient (Wildman–Crippen LogP) is 4.95. The number of aromatic amines is 1. The SMILES string of the molecule is S=c1cccc[nH]1.[Pt+4].c1ccc(-c2cccc(-c3ccccn3)n2)nc1. The normalized spacial score (nSPS) is 9.38. The van der Waals surface area contributed by atoms with Gasteiger partial charge in [0, 0.05) is 18.6 Å². The third-order valence-corrected chi connectivity index (χ3v) is 3.54. The number of rotatable bonds is 2. The van der Waals surface area contributed by atoms with Crippen LogP contribution in [0, 0.1) is 4.64 Å². The first-order chi connectivity index (χ1) is 12.3. The molecule has 0 spiro atoms. The van der Waals surface area contributed by atoms with Crippen molar-refractivity contribution in [2.75, 3.05) is 0 Å². The van der Waals surface area contributed by atoms with Gasteiger partial charge in [0.15, 0.2) is 0 Å². The van der Waals surface area contributed by atoms with Crippen molar-refractivity contribution in [3.8, 4) is 22.8 Å². The van der Waals surface area contributed by atoms with Crippen molar-refractivity contribution < 1.29 is 21.1 Å². The Morgan fingerprint density at radius 1 is 0.615 bits per heavy atom. The van der Waals surface area contributed by atoms with E-state index in [0.717, 1.165) is 27.4 Å². The molecule has 0 fully saturated rings. The molecule has 4 aromatic heterocycles. The Kier molecular flexibility index (Phi) is 8.00. The molecule has 0 radical (unpaired) electrons. The molecule has 0 aliphatic heterocycles. The summed E-state index contributed by atoms with van der Waals surface area (Å²) in [5.41, 5.74) is 3.46. The number of aromatic nitrogens is 4. The van der Waals surface area contributed by atoms with E-state index in [4.69, 9.17) is 12.2 Å². The third kappa shape index (κ3) is 5.80. The number of hydrogen-bond donors (Lipinski definition) is 1. The van der Waals surface area contributed by atoms with Crippen LogP contribution in [0.1, 0.15) is 0 Å². The minimum absolute atomic E-state index is 0. The predicted molar refractivity (Wildman–Crippen MR) is 102 cm³/mol. The van der Waals surface area contributed by atoms with Crippen molar-refractivity contribution in [2.24, 2.45) is 0 Å². The smallest absolute Gasteiger partial charge is 0.353 e. The molecule has 0 saturated carbocycles. The van der Waals surface area contributed by atoms with Gasteiger partial charge in [0.1, 0.15) is 4.64 Å². The van der Waals surface area contributed by atoms with Crippen LogP contribution in [0.2, 0.25) is 0 Å². The Labute approximate surface area is 171 Å². The van der Waals surface area contributed by atoms with Gasteiger partial charge in [-0.25, -0.2) is 4.98 Å². The number of pyridine rings is 4. The molecule has 0 atom stereocenters. The van der Waals surface area contributed by atoms with Crippen LogP contribution >= 0.6 is 12.2 Å². The van der Waals surface area contributed by atoms with Gasteiger partial charge in [0.05, 0.1) is 22.8 Å². The van der Waals surface area contributed by atoms with Crippen molar-refractivity contribution in [3.63, 3.8) is 0 Å². The molecule has 6 heteroatoms. The summed E-state index contributed by atoms with van der Waals surface area (Å²) in [5.74, 6) is 0. The molecule has 4 aromatic rings. The first-order valence-electron chi connectivity index (χ1n) is 7.76. The minimum atomic E-state index is 0.